The van der Waals surface area contributed by atoms with Gasteiger partial charge >= 0.3 is 19.8 Å². The van der Waals surface area contributed by atoms with E-state index in [9.17, 15) is 64.7 Å². The van der Waals surface area contributed by atoms with Gasteiger partial charge in [-0.05, 0) is 25.7 Å². The standard InChI is InChI=1S/C45H81O17P/c1-3-5-7-8-9-10-11-12-13-14-15-16-18-23-38(50)59-29-33-30-60-63(57,58)62-45-43(55)40(52)34(26-25-31(46)21-17-6-4-2)36(48)28-37(49)35(41(53)42(54)44(45)56)27-32(47)22-19-20-24-39(51)61-33/h25-26,31,33-37,40-46,48-49,52-56H,3-24,27-30H2,1-2H3,(H,57,58)/b26-25+/t31-,33+,34-,35-,36+,37-,40+,41+,42-,43+,44+,45+/m0/s1. The third kappa shape index (κ3) is 22.9. The molecule has 1 heterocycles. The fraction of sp³-hybridized carbons (Fsp3) is 0.889. The fourth-order valence-corrected chi connectivity index (χ4v) is 9.08. The zero-order valence-corrected chi connectivity index (χ0v) is 38.6. The molecule has 9 N–H and O–H groups in total. The van der Waals surface area contributed by atoms with E-state index in [4.69, 9.17) is 18.5 Å². The second kappa shape index (κ2) is 31.9. The number of aliphatic hydroxyl groups is 8. The van der Waals surface area contributed by atoms with E-state index in [1.165, 1.54) is 63.5 Å². The van der Waals surface area contributed by atoms with Crippen molar-refractivity contribution in [2.75, 3.05) is 13.2 Å². The second-order valence-electron chi connectivity index (χ2n) is 17.6. The van der Waals surface area contributed by atoms with Crippen LogP contribution in [0.1, 0.15) is 168 Å². The number of fused-ring (bicyclic) bond motifs is 4. The summed E-state index contributed by atoms with van der Waals surface area (Å²) >= 11 is 0. The van der Waals surface area contributed by atoms with E-state index in [2.05, 4.69) is 6.92 Å². The smallest absolute Gasteiger partial charge is 0.462 e. The maximum Gasteiger partial charge on any atom is 0.472 e. The highest BCUT2D eigenvalue weighted by Gasteiger charge is 2.49. The number of hydrogen-bond acceptors (Lipinski definition) is 16. The van der Waals surface area contributed by atoms with Crippen LogP contribution in [0.25, 0.3) is 0 Å². The fourth-order valence-electron chi connectivity index (χ4n) is 8.11. The van der Waals surface area contributed by atoms with Crippen LogP contribution in [-0.2, 0) is 37.5 Å². The first-order valence-corrected chi connectivity index (χ1v) is 25.2. The molecular weight excluding hydrogens is 843 g/mol. The van der Waals surface area contributed by atoms with Crippen molar-refractivity contribution < 1.29 is 83.2 Å². The molecule has 1 saturated heterocycles. The molecule has 368 valence electrons. The largest absolute Gasteiger partial charge is 0.472 e. The number of ether oxygens (including phenoxy) is 2. The molecular formula is C45H81O17P. The third-order valence-electron chi connectivity index (χ3n) is 12.1. The van der Waals surface area contributed by atoms with Gasteiger partial charge in [-0.15, -0.1) is 0 Å². The van der Waals surface area contributed by atoms with E-state index >= 15 is 0 Å². The van der Waals surface area contributed by atoms with Crippen LogP contribution in [0.4, 0.5) is 0 Å². The lowest BCUT2D eigenvalue weighted by Gasteiger charge is -2.37. The van der Waals surface area contributed by atoms with Crippen LogP contribution in [-0.4, -0.2) is 138 Å². The van der Waals surface area contributed by atoms with Crippen LogP contribution in [0.5, 0.6) is 0 Å². The number of phosphoric ester groups is 1. The Bertz CT molecular complexity index is 1350. The third-order valence-corrected chi connectivity index (χ3v) is 13.1. The van der Waals surface area contributed by atoms with Crippen LogP contribution in [0.2, 0.25) is 0 Å². The first-order chi connectivity index (χ1) is 30.0. The molecule has 0 aromatic rings. The van der Waals surface area contributed by atoms with Gasteiger partial charge in [-0.25, -0.2) is 4.57 Å². The predicted octanol–water partition coefficient (Wildman–Crippen LogP) is 4.62. The van der Waals surface area contributed by atoms with E-state index in [0.29, 0.717) is 19.3 Å². The van der Waals surface area contributed by atoms with E-state index < -0.39 is 124 Å². The number of rotatable bonds is 22. The summed E-state index contributed by atoms with van der Waals surface area (Å²) in [7, 11) is -5.48. The quantitative estimate of drug-likeness (QED) is 0.0310. The summed E-state index contributed by atoms with van der Waals surface area (Å²) in [6.07, 6.45) is -1.32. The van der Waals surface area contributed by atoms with Gasteiger partial charge in [0.05, 0.1) is 37.1 Å². The van der Waals surface area contributed by atoms with Crippen molar-refractivity contribution in [1.29, 1.82) is 0 Å². The zero-order valence-electron chi connectivity index (χ0n) is 37.7. The average Bonchev–Trinajstić information content (AvgIpc) is 3.24. The molecule has 2 rings (SSSR count). The van der Waals surface area contributed by atoms with Gasteiger partial charge in [0.15, 0.2) is 6.10 Å². The normalized spacial score (nSPS) is 32.8. The maximum absolute atomic E-state index is 13.5. The highest BCUT2D eigenvalue weighted by atomic mass is 31.2. The Hall–Kier alpha value is -1.86. The van der Waals surface area contributed by atoms with E-state index in [1.54, 1.807) is 0 Å². The molecule has 0 amide bonds. The molecule has 0 radical (unpaired) electrons. The van der Waals surface area contributed by atoms with Crippen LogP contribution >= 0.6 is 7.82 Å². The minimum Gasteiger partial charge on any atom is -0.462 e. The number of ketones is 1. The summed E-state index contributed by atoms with van der Waals surface area (Å²) in [5.41, 5.74) is 0. The number of cyclic esters (lactones) is 1. The number of unbranched alkanes of at least 4 members (excludes halogenated alkanes) is 14. The van der Waals surface area contributed by atoms with Crippen LogP contribution < -0.4 is 0 Å². The lowest BCUT2D eigenvalue weighted by atomic mass is 9.82. The van der Waals surface area contributed by atoms with Crippen molar-refractivity contribution in [3.8, 4) is 0 Å². The Kier molecular flexibility index (Phi) is 29.0. The monoisotopic (exact) mass is 925 g/mol. The number of carbonyl (C=O) groups is 3. The van der Waals surface area contributed by atoms with Gasteiger partial charge in [0.1, 0.15) is 36.8 Å². The lowest BCUT2D eigenvalue weighted by molar-refractivity contribution is -0.168. The molecule has 1 saturated carbocycles. The van der Waals surface area contributed by atoms with E-state index in [-0.39, 0.29) is 32.1 Å². The minimum atomic E-state index is -5.48. The molecule has 63 heavy (non-hydrogen) atoms. The Morgan fingerprint density at radius 2 is 1.30 bits per heavy atom. The average molecular weight is 925 g/mol. The highest BCUT2D eigenvalue weighted by molar-refractivity contribution is 7.47. The Morgan fingerprint density at radius 3 is 1.92 bits per heavy atom. The van der Waals surface area contributed by atoms with Crippen molar-refractivity contribution in [1.82, 2.24) is 0 Å². The maximum atomic E-state index is 13.5. The van der Waals surface area contributed by atoms with Gasteiger partial charge in [-0.3, -0.25) is 23.4 Å². The molecule has 13 atom stereocenters. The predicted molar refractivity (Wildman–Crippen MR) is 233 cm³/mol. The van der Waals surface area contributed by atoms with Crippen molar-refractivity contribution >= 4 is 25.5 Å². The molecule has 2 bridgehead atoms. The summed E-state index contributed by atoms with van der Waals surface area (Å²) in [6.45, 7) is 2.72. The molecule has 0 aromatic heterocycles. The zero-order chi connectivity index (χ0) is 46.8. The number of phosphoric acid groups is 1. The SMILES string of the molecule is CCCCCCCCCCCCCCCC(=O)OC[C@@H]1COP(=O)(O)O[C@H]2[C@H](O)[C@@H](O)[C@H](O)[C@@H](CC(=O)CCCCC(=O)O1)[C@@H](O)C[C@@H](O)[C@H](/C=C/[C@@H](O)CCCCC)[C@@H](O)[C@H]2O. The van der Waals surface area contributed by atoms with Gasteiger partial charge in [0.2, 0.25) is 0 Å². The van der Waals surface area contributed by atoms with Gasteiger partial charge < -0.3 is 55.2 Å². The summed E-state index contributed by atoms with van der Waals surface area (Å²) in [5, 5.41) is 89.8. The molecule has 2 aliphatic rings. The summed E-state index contributed by atoms with van der Waals surface area (Å²) < 4.78 is 34.5. The van der Waals surface area contributed by atoms with Crippen LogP contribution in [0.15, 0.2) is 12.2 Å². The summed E-state index contributed by atoms with van der Waals surface area (Å²) in [4.78, 5) is 49.5. The van der Waals surface area contributed by atoms with Crippen LogP contribution in [0.3, 0.4) is 0 Å². The number of aliphatic hydroxyl groups excluding tert-OH is 8. The van der Waals surface area contributed by atoms with Crippen molar-refractivity contribution in [3.63, 3.8) is 0 Å². The number of esters is 2. The van der Waals surface area contributed by atoms with E-state index in [0.717, 1.165) is 38.5 Å². The Morgan fingerprint density at radius 1 is 0.746 bits per heavy atom. The van der Waals surface area contributed by atoms with Crippen molar-refractivity contribution in [3.05, 3.63) is 12.2 Å². The van der Waals surface area contributed by atoms with Crippen molar-refractivity contribution in [2.24, 2.45) is 11.8 Å². The minimum absolute atomic E-state index is 0.0868. The molecule has 18 heteroatoms. The molecule has 2 fully saturated rings. The first kappa shape index (κ1) is 57.3. The molecule has 0 spiro atoms. The number of hydrogen-bond donors (Lipinski definition) is 9. The Balaban J connectivity index is 2.22. The van der Waals surface area contributed by atoms with E-state index in [1.807, 2.05) is 6.92 Å². The van der Waals surface area contributed by atoms with Crippen molar-refractivity contribution in [2.45, 2.75) is 229 Å². The topological polar surface area (TPSA) is 287 Å². The van der Waals surface area contributed by atoms with Crippen LogP contribution in [0, 0.1) is 11.8 Å². The van der Waals surface area contributed by atoms with Gasteiger partial charge in [-0.2, -0.15) is 0 Å². The highest BCUT2D eigenvalue weighted by Crippen LogP contribution is 2.47. The molecule has 1 unspecified atom stereocenters. The van der Waals surface area contributed by atoms with Gasteiger partial charge in [-0.1, -0.05) is 122 Å². The first-order valence-electron chi connectivity index (χ1n) is 23.7. The molecule has 0 aromatic carbocycles. The second-order valence-corrected chi connectivity index (χ2v) is 19.0. The lowest BCUT2D eigenvalue weighted by Crippen LogP contribution is -2.56. The molecule has 1 aliphatic carbocycles. The molecule has 1 aliphatic heterocycles. The Labute approximate surface area is 374 Å². The summed E-state index contributed by atoms with van der Waals surface area (Å²) in [6, 6.07) is 0. The van der Waals surface area contributed by atoms with Gasteiger partial charge in [0, 0.05) is 43.9 Å². The number of carbonyl (C=O) groups excluding carboxylic acids is 3. The summed E-state index contributed by atoms with van der Waals surface area (Å²) in [5.74, 6) is -4.98. The number of Topliss-reactive ketones (excluding diaryl/α,β-unsaturated/α-hetero) is 1. The van der Waals surface area contributed by atoms with Gasteiger partial charge in [0.25, 0.3) is 0 Å². The molecule has 17 nitrogen and oxygen atoms in total.